The van der Waals surface area contributed by atoms with E-state index in [1.54, 1.807) is 6.07 Å². The van der Waals surface area contributed by atoms with Gasteiger partial charge >= 0.3 is 5.97 Å². The summed E-state index contributed by atoms with van der Waals surface area (Å²) in [7, 11) is 0. The lowest BCUT2D eigenvalue weighted by Crippen LogP contribution is -2.18. The van der Waals surface area contributed by atoms with Crippen molar-refractivity contribution in [1.82, 2.24) is 5.16 Å². The number of hydrogen-bond acceptors (Lipinski definition) is 4. The molecule has 0 atom stereocenters. The molecule has 0 bridgehead atoms. The Labute approximate surface area is 114 Å². The van der Waals surface area contributed by atoms with Gasteiger partial charge in [0, 0.05) is 24.7 Å². The molecule has 1 N–H and O–H groups in total. The molecule has 20 heavy (non-hydrogen) atoms. The Balaban J connectivity index is 2.05. The van der Waals surface area contributed by atoms with Gasteiger partial charge in [0.05, 0.1) is 5.69 Å². The zero-order valence-corrected chi connectivity index (χ0v) is 10.7. The van der Waals surface area contributed by atoms with Crippen LogP contribution in [0.15, 0.2) is 28.8 Å². The third-order valence-corrected chi connectivity index (χ3v) is 3.40. The van der Waals surface area contributed by atoms with Crippen molar-refractivity contribution < 1.29 is 18.8 Å². The Hall–Kier alpha value is -2.37. The van der Waals surface area contributed by atoms with Gasteiger partial charge in [0.1, 0.15) is 5.82 Å². The van der Waals surface area contributed by atoms with E-state index in [0.717, 1.165) is 31.6 Å². The highest BCUT2D eigenvalue weighted by molar-refractivity contribution is 5.87. The molecule has 0 amide bonds. The summed E-state index contributed by atoms with van der Waals surface area (Å²) in [5.74, 6) is -1.14. The van der Waals surface area contributed by atoms with Crippen LogP contribution in [0, 0.1) is 5.82 Å². The van der Waals surface area contributed by atoms with Crippen LogP contribution >= 0.6 is 0 Å². The molecule has 1 saturated heterocycles. The van der Waals surface area contributed by atoms with Gasteiger partial charge in [0.15, 0.2) is 11.5 Å². The average Bonchev–Trinajstić information content (AvgIpc) is 3.10. The van der Waals surface area contributed by atoms with Crippen LogP contribution in [0.3, 0.4) is 0 Å². The largest absolute Gasteiger partial charge is 0.476 e. The first-order valence-corrected chi connectivity index (χ1v) is 6.40. The SMILES string of the molecule is O=C(O)c1cc(-c2ccc(F)cc2N2CCCC2)on1. The summed E-state index contributed by atoms with van der Waals surface area (Å²) in [6.07, 6.45) is 2.12. The Kier molecular flexibility index (Phi) is 3.14. The zero-order valence-electron chi connectivity index (χ0n) is 10.7. The van der Waals surface area contributed by atoms with Gasteiger partial charge < -0.3 is 14.5 Å². The number of rotatable bonds is 3. The van der Waals surface area contributed by atoms with Crippen LogP contribution in [0.25, 0.3) is 11.3 Å². The summed E-state index contributed by atoms with van der Waals surface area (Å²) in [4.78, 5) is 12.9. The van der Waals surface area contributed by atoms with Gasteiger partial charge in [-0.25, -0.2) is 9.18 Å². The highest BCUT2D eigenvalue weighted by Gasteiger charge is 2.20. The van der Waals surface area contributed by atoms with Gasteiger partial charge in [-0.15, -0.1) is 0 Å². The van der Waals surface area contributed by atoms with Crippen LogP contribution < -0.4 is 4.90 Å². The highest BCUT2D eigenvalue weighted by Crippen LogP contribution is 2.33. The fraction of sp³-hybridized carbons (Fsp3) is 0.286. The molecule has 0 spiro atoms. The molecule has 0 saturated carbocycles. The topological polar surface area (TPSA) is 66.6 Å². The summed E-state index contributed by atoms with van der Waals surface area (Å²) in [5, 5.41) is 12.4. The predicted octanol–water partition coefficient (Wildman–Crippen LogP) is 2.78. The van der Waals surface area contributed by atoms with Crippen LogP contribution in [-0.2, 0) is 0 Å². The number of carboxylic acids is 1. The van der Waals surface area contributed by atoms with Crippen molar-refractivity contribution in [3.8, 4) is 11.3 Å². The standard InChI is InChI=1S/C14H13FN2O3/c15-9-3-4-10(12(7-9)17-5-1-2-6-17)13-8-11(14(18)19)16-20-13/h3-4,7-8H,1-2,5-6H2,(H,18,19). The van der Waals surface area contributed by atoms with Crippen molar-refractivity contribution in [2.24, 2.45) is 0 Å². The second kappa shape index (κ2) is 4.96. The molecule has 0 radical (unpaired) electrons. The number of carbonyl (C=O) groups is 1. The van der Waals surface area contributed by atoms with E-state index in [1.165, 1.54) is 18.2 Å². The van der Waals surface area contributed by atoms with E-state index in [-0.39, 0.29) is 11.5 Å². The second-order valence-electron chi connectivity index (χ2n) is 4.74. The third kappa shape index (κ3) is 2.24. The Morgan fingerprint density at radius 3 is 2.70 bits per heavy atom. The lowest BCUT2D eigenvalue weighted by molar-refractivity contribution is 0.0686. The monoisotopic (exact) mass is 276 g/mol. The van der Waals surface area contributed by atoms with Gasteiger partial charge in [0.2, 0.25) is 0 Å². The maximum atomic E-state index is 13.5. The van der Waals surface area contributed by atoms with Crippen molar-refractivity contribution >= 4 is 11.7 Å². The Morgan fingerprint density at radius 2 is 2.05 bits per heavy atom. The maximum Gasteiger partial charge on any atom is 0.358 e. The molecule has 104 valence electrons. The number of nitrogens with zero attached hydrogens (tertiary/aromatic N) is 2. The molecule has 1 aromatic carbocycles. The van der Waals surface area contributed by atoms with Crippen LogP contribution in [0.2, 0.25) is 0 Å². The van der Waals surface area contributed by atoms with Crippen molar-refractivity contribution in [1.29, 1.82) is 0 Å². The van der Waals surface area contributed by atoms with Gasteiger partial charge in [0.25, 0.3) is 0 Å². The molecule has 6 heteroatoms. The number of hydrogen-bond donors (Lipinski definition) is 1. The fourth-order valence-corrected chi connectivity index (χ4v) is 2.44. The smallest absolute Gasteiger partial charge is 0.358 e. The number of carboxylic acid groups (broad SMARTS) is 1. The lowest BCUT2D eigenvalue weighted by Gasteiger charge is -2.20. The minimum Gasteiger partial charge on any atom is -0.476 e. The number of aromatic nitrogens is 1. The van der Waals surface area contributed by atoms with Crippen LogP contribution in [0.5, 0.6) is 0 Å². The Morgan fingerprint density at radius 1 is 1.30 bits per heavy atom. The summed E-state index contributed by atoms with van der Waals surface area (Å²) in [5.41, 5.74) is 1.22. The first-order chi connectivity index (χ1) is 9.65. The van der Waals surface area contributed by atoms with E-state index in [2.05, 4.69) is 10.1 Å². The summed E-state index contributed by atoms with van der Waals surface area (Å²) in [6, 6.07) is 5.73. The highest BCUT2D eigenvalue weighted by atomic mass is 19.1. The van der Waals surface area contributed by atoms with Crippen molar-refractivity contribution in [2.45, 2.75) is 12.8 Å². The van der Waals surface area contributed by atoms with E-state index in [4.69, 9.17) is 9.63 Å². The van der Waals surface area contributed by atoms with Crippen LogP contribution in [-0.4, -0.2) is 29.3 Å². The van der Waals surface area contributed by atoms with Gasteiger partial charge in [-0.05, 0) is 31.0 Å². The normalized spacial score (nSPS) is 14.8. The maximum absolute atomic E-state index is 13.5. The van der Waals surface area contributed by atoms with Crippen molar-refractivity contribution in [2.75, 3.05) is 18.0 Å². The van der Waals surface area contributed by atoms with Crippen LogP contribution in [0.4, 0.5) is 10.1 Å². The summed E-state index contributed by atoms with van der Waals surface area (Å²) >= 11 is 0. The van der Waals surface area contributed by atoms with E-state index < -0.39 is 5.97 Å². The fourth-order valence-electron chi connectivity index (χ4n) is 2.44. The second-order valence-corrected chi connectivity index (χ2v) is 4.74. The van der Waals surface area contributed by atoms with Crippen molar-refractivity contribution in [3.63, 3.8) is 0 Å². The molecule has 1 aliphatic rings. The number of anilines is 1. The number of aromatic carboxylic acids is 1. The molecule has 2 aromatic rings. The summed E-state index contributed by atoms with van der Waals surface area (Å²) in [6.45, 7) is 1.72. The number of benzene rings is 1. The van der Waals surface area contributed by atoms with Gasteiger partial charge in [-0.2, -0.15) is 0 Å². The van der Waals surface area contributed by atoms with Gasteiger partial charge in [-0.1, -0.05) is 5.16 Å². The molecular formula is C14H13FN2O3. The van der Waals surface area contributed by atoms with Crippen molar-refractivity contribution in [3.05, 3.63) is 35.8 Å². The Bertz CT molecular complexity index is 648. The molecule has 1 aromatic heterocycles. The summed E-state index contributed by atoms with van der Waals surface area (Å²) < 4.78 is 18.6. The average molecular weight is 276 g/mol. The van der Waals surface area contributed by atoms with E-state index >= 15 is 0 Å². The molecule has 1 aliphatic heterocycles. The minimum absolute atomic E-state index is 0.156. The van der Waals surface area contributed by atoms with E-state index in [0.29, 0.717) is 11.3 Å². The van der Waals surface area contributed by atoms with Crippen LogP contribution in [0.1, 0.15) is 23.3 Å². The first-order valence-electron chi connectivity index (χ1n) is 6.40. The lowest BCUT2D eigenvalue weighted by atomic mass is 10.1. The van der Waals surface area contributed by atoms with E-state index in [9.17, 15) is 9.18 Å². The molecule has 0 unspecified atom stereocenters. The quantitative estimate of drug-likeness (QED) is 0.933. The molecular weight excluding hydrogens is 263 g/mol. The van der Waals surface area contributed by atoms with E-state index in [1.807, 2.05) is 0 Å². The third-order valence-electron chi connectivity index (χ3n) is 3.40. The molecule has 5 nitrogen and oxygen atoms in total. The predicted molar refractivity (Wildman–Crippen MR) is 70.3 cm³/mol. The zero-order chi connectivity index (χ0) is 14.1. The molecule has 0 aliphatic carbocycles. The molecule has 1 fully saturated rings. The molecule has 3 rings (SSSR count). The molecule has 2 heterocycles. The first kappa shape index (κ1) is 12.7. The minimum atomic E-state index is -1.15. The van der Waals surface area contributed by atoms with Gasteiger partial charge in [-0.3, -0.25) is 0 Å². The number of halogens is 1.